The highest BCUT2D eigenvalue weighted by Gasteiger charge is 2.13. The summed E-state index contributed by atoms with van der Waals surface area (Å²) < 4.78 is 1.74. The number of amides is 2. The third-order valence-electron chi connectivity index (χ3n) is 4.31. The van der Waals surface area contributed by atoms with Crippen molar-refractivity contribution >= 4 is 40.3 Å². The van der Waals surface area contributed by atoms with Crippen LogP contribution in [0, 0.1) is 0 Å². The third kappa shape index (κ3) is 4.15. The standard InChI is InChI=1S/C21H18N6O2S/c1-22-20(29)14-6-5-7-15(10-14)26-18(28)12-30-21-17-11-25-27(19(17)23-13-24-21)16-8-3-2-4-9-16/h2-11,13H,12H2,1H3,(H,22,29)(H,26,28). The van der Waals surface area contributed by atoms with Gasteiger partial charge in [-0.15, -0.1) is 0 Å². The smallest absolute Gasteiger partial charge is 0.251 e. The molecular weight excluding hydrogens is 400 g/mol. The Hall–Kier alpha value is -3.72. The second-order valence-corrected chi connectivity index (χ2v) is 7.27. The van der Waals surface area contributed by atoms with Gasteiger partial charge in [0.1, 0.15) is 11.4 Å². The van der Waals surface area contributed by atoms with E-state index in [1.54, 1.807) is 42.2 Å². The predicted molar refractivity (Wildman–Crippen MR) is 116 cm³/mol. The van der Waals surface area contributed by atoms with E-state index in [0.29, 0.717) is 21.9 Å². The van der Waals surface area contributed by atoms with E-state index in [1.807, 2.05) is 30.3 Å². The van der Waals surface area contributed by atoms with Crippen molar-refractivity contribution in [2.75, 3.05) is 18.1 Å². The van der Waals surface area contributed by atoms with Crippen LogP contribution in [0.3, 0.4) is 0 Å². The molecule has 2 heterocycles. The van der Waals surface area contributed by atoms with Crippen LogP contribution in [0.15, 0.2) is 72.1 Å². The highest BCUT2D eigenvalue weighted by atomic mass is 32.2. The van der Waals surface area contributed by atoms with Crippen molar-refractivity contribution in [3.8, 4) is 5.69 Å². The SMILES string of the molecule is CNC(=O)c1cccc(NC(=O)CSc2ncnc3c2cnn3-c2ccccc2)c1. The summed E-state index contributed by atoms with van der Waals surface area (Å²) in [5.41, 5.74) is 2.62. The quantitative estimate of drug-likeness (QED) is 0.369. The molecular formula is C21H18N6O2S. The Bertz CT molecular complexity index is 1210. The third-order valence-corrected chi connectivity index (χ3v) is 5.31. The van der Waals surface area contributed by atoms with Crippen molar-refractivity contribution < 1.29 is 9.59 Å². The fourth-order valence-corrected chi connectivity index (χ4v) is 3.67. The maximum Gasteiger partial charge on any atom is 0.251 e. The first-order chi connectivity index (χ1) is 14.7. The van der Waals surface area contributed by atoms with Gasteiger partial charge in [0.25, 0.3) is 5.91 Å². The number of carbonyl (C=O) groups excluding carboxylic acids is 2. The minimum Gasteiger partial charge on any atom is -0.355 e. The van der Waals surface area contributed by atoms with E-state index in [4.69, 9.17) is 0 Å². The molecule has 2 N–H and O–H groups in total. The first-order valence-corrected chi connectivity index (χ1v) is 10.1. The van der Waals surface area contributed by atoms with Gasteiger partial charge < -0.3 is 10.6 Å². The topological polar surface area (TPSA) is 102 Å². The average molecular weight is 418 g/mol. The van der Waals surface area contributed by atoms with Crippen LogP contribution in [0.25, 0.3) is 16.7 Å². The summed E-state index contributed by atoms with van der Waals surface area (Å²) in [4.78, 5) is 32.8. The minimum absolute atomic E-state index is 0.160. The molecule has 2 aromatic heterocycles. The van der Waals surface area contributed by atoms with Gasteiger partial charge in [0.2, 0.25) is 5.91 Å². The number of carbonyl (C=O) groups is 2. The van der Waals surface area contributed by atoms with Crippen molar-refractivity contribution in [2.45, 2.75) is 5.03 Å². The molecule has 0 atom stereocenters. The largest absolute Gasteiger partial charge is 0.355 e. The molecule has 0 radical (unpaired) electrons. The van der Waals surface area contributed by atoms with Gasteiger partial charge in [-0.1, -0.05) is 36.0 Å². The summed E-state index contributed by atoms with van der Waals surface area (Å²) in [5.74, 6) is -0.247. The molecule has 0 fully saturated rings. The number of hydrogen-bond acceptors (Lipinski definition) is 6. The number of fused-ring (bicyclic) bond motifs is 1. The molecule has 30 heavy (non-hydrogen) atoms. The first-order valence-electron chi connectivity index (χ1n) is 9.14. The van der Waals surface area contributed by atoms with Crippen molar-refractivity contribution in [1.82, 2.24) is 25.1 Å². The summed E-state index contributed by atoms with van der Waals surface area (Å²) in [6, 6.07) is 16.5. The van der Waals surface area contributed by atoms with Crippen molar-refractivity contribution in [3.63, 3.8) is 0 Å². The number of rotatable bonds is 6. The maximum absolute atomic E-state index is 12.4. The van der Waals surface area contributed by atoms with Crippen LogP contribution < -0.4 is 10.6 Å². The average Bonchev–Trinajstić information content (AvgIpc) is 3.22. The summed E-state index contributed by atoms with van der Waals surface area (Å²) in [6.45, 7) is 0. The van der Waals surface area contributed by atoms with Gasteiger partial charge in [0.05, 0.1) is 23.0 Å². The molecule has 2 amide bonds. The van der Waals surface area contributed by atoms with E-state index >= 15 is 0 Å². The van der Waals surface area contributed by atoms with E-state index in [-0.39, 0.29) is 17.6 Å². The molecule has 2 aromatic carbocycles. The zero-order chi connectivity index (χ0) is 20.9. The molecule has 0 unspecified atom stereocenters. The lowest BCUT2D eigenvalue weighted by Gasteiger charge is -2.07. The first kappa shape index (κ1) is 19.6. The summed E-state index contributed by atoms with van der Waals surface area (Å²) >= 11 is 1.31. The van der Waals surface area contributed by atoms with Gasteiger partial charge in [-0.2, -0.15) is 5.10 Å². The van der Waals surface area contributed by atoms with Crippen LogP contribution in [0.1, 0.15) is 10.4 Å². The molecule has 9 heteroatoms. The van der Waals surface area contributed by atoms with E-state index < -0.39 is 0 Å². The molecule has 0 aliphatic heterocycles. The molecule has 0 aliphatic carbocycles. The Morgan fingerprint density at radius 1 is 1.07 bits per heavy atom. The van der Waals surface area contributed by atoms with Crippen LogP contribution in [0.4, 0.5) is 5.69 Å². The Kier molecular flexibility index (Phi) is 5.71. The minimum atomic E-state index is -0.209. The summed E-state index contributed by atoms with van der Waals surface area (Å²) in [7, 11) is 1.56. The van der Waals surface area contributed by atoms with E-state index in [1.165, 1.54) is 18.1 Å². The number of nitrogens with one attached hydrogen (secondary N) is 2. The van der Waals surface area contributed by atoms with Crippen LogP contribution in [-0.2, 0) is 4.79 Å². The lowest BCUT2D eigenvalue weighted by atomic mass is 10.2. The molecule has 4 aromatic rings. The number of anilines is 1. The lowest BCUT2D eigenvalue weighted by Crippen LogP contribution is -2.19. The fraction of sp³-hybridized carbons (Fsp3) is 0.0952. The summed E-state index contributed by atoms with van der Waals surface area (Å²) in [5, 5.41) is 11.2. The molecule has 0 saturated heterocycles. The van der Waals surface area contributed by atoms with E-state index in [0.717, 1.165) is 11.1 Å². The molecule has 4 rings (SSSR count). The fourth-order valence-electron chi connectivity index (χ4n) is 2.91. The Morgan fingerprint density at radius 3 is 2.70 bits per heavy atom. The predicted octanol–water partition coefficient (Wildman–Crippen LogP) is 2.91. The number of nitrogens with zero attached hydrogens (tertiary/aromatic N) is 4. The Labute approximate surface area is 176 Å². The second-order valence-electron chi connectivity index (χ2n) is 6.30. The van der Waals surface area contributed by atoms with Gasteiger partial charge >= 0.3 is 0 Å². The van der Waals surface area contributed by atoms with Crippen LogP contribution in [0.2, 0.25) is 0 Å². The normalized spacial score (nSPS) is 10.7. The molecule has 0 bridgehead atoms. The van der Waals surface area contributed by atoms with E-state index in [9.17, 15) is 9.59 Å². The van der Waals surface area contributed by atoms with Crippen molar-refractivity contribution in [1.29, 1.82) is 0 Å². The molecule has 0 spiro atoms. The molecule has 150 valence electrons. The lowest BCUT2D eigenvalue weighted by molar-refractivity contribution is -0.113. The number of para-hydroxylation sites is 1. The van der Waals surface area contributed by atoms with E-state index in [2.05, 4.69) is 25.7 Å². The monoisotopic (exact) mass is 418 g/mol. The maximum atomic E-state index is 12.4. The Morgan fingerprint density at radius 2 is 1.90 bits per heavy atom. The molecule has 0 saturated carbocycles. The van der Waals surface area contributed by atoms with Crippen LogP contribution >= 0.6 is 11.8 Å². The number of hydrogen-bond donors (Lipinski definition) is 2. The zero-order valence-electron chi connectivity index (χ0n) is 16.1. The molecule has 0 aliphatic rings. The number of benzene rings is 2. The van der Waals surface area contributed by atoms with Crippen LogP contribution in [-0.4, -0.2) is 44.4 Å². The van der Waals surface area contributed by atoms with Crippen LogP contribution in [0.5, 0.6) is 0 Å². The van der Waals surface area contributed by atoms with Gasteiger partial charge in [0.15, 0.2) is 5.65 Å². The number of thioether (sulfide) groups is 1. The van der Waals surface area contributed by atoms with Gasteiger partial charge in [-0.3, -0.25) is 9.59 Å². The molecule has 8 nitrogen and oxygen atoms in total. The highest BCUT2D eigenvalue weighted by molar-refractivity contribution is 8.00. The highest BCUT2D eigenvalue weighted by Crippen LogP contribution is 2.26. The van der Waals surface area contributed by atoms with Gasteiger partial charge in [0, 0.05) is 18.3 Å². The van der Waals surface area contributed by atoms with Gasteiger partial charge in [-0.05, 0) is 30.3 Å². The van der Waals surface area contributed by atoms with Gasteiger partial charge in [-0.25, -0.2) is 14.6 Å². The zero-order valence-corrected chi connectivity index (χ0v) is 16.9. The second kappa shape index (κ2) is 8.75. The Balaban J connectivity index is 1.47. The van der Waals surface area contributed by atoms with Crippen molar-refractivity contribution in [3.05, 3.63) is 72.7 Å². The summed E-state index contributed by atoms with van der Waals surface area (Å²) in [6.07, 6.45) is 3.17. The van der Waals surface area contributed by atoms with Crippen molar-refractivity contribution in [2.24, 2.45) is 0 Å². The number of aromatic nitrogens is 4.